The van der Waals surface area contributed by atoms with Gasteiger partial charge >= 0.3 is 0 Å². The Kier molecular flexibility index (Phi) is 5.24. The number of halogens is 3. The largest absolute Gasteiger partial charge is 0.244 e. The van der Waals surface area contributed by atoms with Crippen LogP contribution >= 0.6 is 34.8 Å². The molecule has 0 N–H and O–H groups in total. The molecule has 1 fully saturated rings. The third kappa shape index (κ3) is 3.25. The molecule has 0 bridgehead atoms. The van der Waals surface area contributed by atoms with E-state index in [2.05, 4.69) is 0 Å². The van der Waals surface area contributed by atoms with E-state index < -0.39 is 10.0 Å². The highest BCUT2D eigenvalue weighted by Crippen LogP contribution is 2.33. The maximum Gasteiger partial charge on any atom is 0.244 e. The van der Waals surface area contributed by atoms with Gasteiger partial charge in [-0.1, -0.05) is 29.6 Å². The number of alkyl halides is 1. The summed E-state index contributed by atoms with van der Waals surface area (Å²) in [6, 6.07) is 2.90. The van der Waals surface area contributed by atoms with Gasteiger partial charge in [0, 0.05) is 24.5 Å². The van der Waals surface area contributed by atoms with E-state index in [0.717, 1.165) is 12.8 Å². The number of hydrogen-bond donors (Lipinski definition) is 0. The lowest BCUT2D eigenvalue weighted by atomic mass is 9.86. The van der Waals surface area contributed by atoms with Crippen molar-refractivity contribution < 1.29 is 8.42 Å². The Balaban J connectivity index is 2.32. The fraction of sp³-hybridized carbons (Fsp3) is 0.538. The van der Waals surface area contributed by atoms with Gasteiger partial charge in [0.15, 0.2) is 0 Å². The number of rotatable bonds is 5. The van der Waals surface area contributed by atoms with Gasteiger partial charge in [0.1, 0.15) is 4.90 Å². The van der Waals surface area contributed by atoms with Gasteiger partial charge in [-0.15, -0.1) is 11.6 Å². The number of sulfonamides is 1. The lowest BCUT2D eigenvalue weighted by Crippen LogP contribution is -2.34. The average Bonchev–Trinajstić information content (AvgIpc) is 2.33. The van der Waals surface area contributed by atoms with Crippen molar-refractivity contribution in [2.75, 3.05) is 13.6 Å². The predicted octanol–water partition coefficient (Wildman–Crippen LogP) is 4.15. The normalized spacial score (nSPS) is 16.4. The number of hydrogen-bond acceptors (Lipinski definition) is 2. The van der Waals surface area contributed by atoms with Gasteiger partial charge < -0.3 is 0 Å². The standard InChI is InChI=1S/C13H16Cl3NO2S/c1-17(8-9-3-2-4-9)20(18,19)13-5-10(7-14)11(15)6-12(13)16/h5-6,9H,2-4,7-8H2,1H3. The maximum atomic E-state index is 12.6. The van der Waals surface area contributed by atoms with Gasteiger partial charge in [-0.05, 0) is 36.5 Å². The summed E-state index contributed by atoms with van der Waals surface area (Å²) >= 11 is 17.8. The van der Waals surface area contributed by atoms with E-state index in [1.165, 1.54) is 22.9 Å². The van der Waals surface area contributed by atoms with Crippen molar-refractivity contribution in [2.24, 2.45) is 5.92 Å². The molecule has 7 heteroatoms. The lowest BCUT2D eigenvalue weighted by molar-refractivity contribution is 0.263. The summed E-state index contributed by atoms with van der Waals surface area (Å²) in [4.78, 5) is 0.0704. The Morgan fingerprint density at radius 2 is 1.90 bits per heavy atom. The predicted molar refractivity (Wildman–Crippen MR) is 83.2 cm³/mol. The van der Waals surface area contributed by atoms with Crippen molar-refractivity contribution in [3.05, 3.63) is 27.7 Å². The summed E-state index contributed by atoms with van der Waals surface area (Å²) in [5.41, 5.74) is 0.563. The van der Waals surface area contributed by atoms with Crippen LogP contribution in [0.1, 0.15) is 24.8 Å². The van der Waals surface area contributed by atoms with Crippen LogP contribution < -0.4 is 0 Å². The summed E-state index contributed by atoms with van der Waals surface area (Å²) < 4.78 is 26.5. The molecule has 0 spiro atoms. The van der Waals surface area contributed by atoms with Crippen molar-refractivity contribution in [3.8, 4) is 0 Å². The third-order valence-corrected chi connectivity index (χ3v) is 6.60. The fourth-order valence-corrected chi connectivity index (χ4v) is 4.55. The highest BCUT2D eigenvalue weighted by molar-refractivity contribution is 7.89. The topological polar surface area (TPSA) is 37.4 Å². The molecule has 20 heavy (non-hydrogen) atoms. The third-order valence-electron chi connectivity index (χ3n) is 3.67. The molecule has 2 rings (SSSR count). The first-order valence-corrected chi connectivity index (χ1v) is 9.09. The Labute approximate surface area is 134 Å². The minimum Gasteiger partial charge on any atom is -0.207 e. The van der Waals surface area contributed by atoms with Gasteiger partial charge in [0.2, 0.25) is 10.0 Å². The lowest BCUT2D eigenvalue weighted by Gasteiger charge is -2.29. The molecule has 0 atom stereocenters. The van der Waals surface area contributed by atoms with E-state index in [9.17, 15) is 8.42 Å². The van der Waals surface area contributed by atoms with Crippen LogP contribution in [0.5, 0.6) is 0 Å². The highest BCUT2D eigenvalue weighted by atomic mass is 35.5. The Morgan fingerprint density at radius 3 is 2.40 bits per heavy atom. The first-order chi connectivity index (χ1) is 9.36. The quantitative estimate of drug-likeness (QED) is 0.743. The van der Waals surface area contributed by atoms with Crippen LogP contribution in [0.4, 0.5) is 0 Å². The zero-order valence-corrected chi connectivity index (χ0v) is 14.2. The smallest absolute Gasteiger partial charge is 0.207 e. The van der Waals surface area contributed by atoms with Crippen molar-refractivity contribution >= 4 is 44.8 Å². The van der Waals surface area contributed by atoms with Crippen LogP contribution in [-0.2, 0) is 15.9 Å². The van der Waals surface area contributed by atoms with E-state index in [1.807, 2.05) is 0 Å². The molecular formula is C13H16Cl3NO2S. The minimum absolute atomic E-state index is 0.0704. The second-order valence-corrected chi connectivity index (χ2v) is 8.19. The Bertz CT molecular complexity index is 600. The van der Waals surface area contributed by atoms with Gasteiger partial charge in [-0.2, -0.15) is 0 Å². The van der Waals surface area contributed by atoms with Gasteiger partial charge in [0.25, 0.3) is 0 Å². The molecule has 0 heterocycles. The maximum absolute atomic E-state index is 12.6. The van der Waals surface area contributed by atoms with Crippen molar-refractivity contribution in [1.82, 2.24) is 4.31 Å². The van der Waals surface area contributed by atoms with E-state index in [0.29, 0.717) is 23.0 Å². The molecular weight excluding hydrogens is 341 g/mol. The summed E-state index contributed by atoms with van der Waals surface area (Å²) in [5, 5.41) is 0.509. The molecule has 1 aromatic rings. The minimum atomic E-state index is -3.61. The second kappa shape index (κ2) is 6.41. The summed E-state index contributed by atoms with van der Waals surface area (Å²) in [6.45, 7) is 0.525. The van der Waals surface area contributed by atoms with Crippen molar-refractivity contribution in [2.45, 2.75) is 30.0 Å². The van der Waals surface area contributed by atoms with Crippen molar-refractivity contribution in [3.63, 3.8) is 0 Å². The number of benzene rings is 1. The molecule has 0 saturated heterocycles. The second-order valence-electron chi connectivity index (χ2n) is 5.09. The molecule has 0 aromatic heterocycles. The molecule has 1 saturated carbocycles. The van der Waals surface area contributed by atoms with Crippen LogP contribution in [0.2, 0.25) is 10.0 Å². The van der Waals surface area contributed by atoms with Gasteiger partial charge in [0.05, 0.1) is 5.02 Å². The van der Waals surface area contributed by atoms with E-state index in [4.69, 9.17) is 34.8 Å². The molecule has 1 aliphatic rings. The van der Waals surface area contributed by atoms with Gasteiger partial charge in [-0.3, -0.25) is 0 Å². The average molecular weight is 357 g/mol. The molecule has 0 aliphatic heterocycles. The van der Waals surface area contributed by atoms with Crippen LogP contribution in [0.15, 0.2) is 17.0 Å². The molecule has 1 aromatic carbocycles. The monoisotopic (exact) mass is 355 g/mol. The zero-order chi connectivity index (χ0) is 14.9. The summed E-state index contributed by atoms with van der Waals surface area (Å²) in [5.74, 6) is 0.596. The van der Waals surface area contributed by atoms with E-state index >= 15 is 0 Å². The van der Waals surface area contributed by atoms with E-state index in [-0.39, 0.29) is 15.8 Å². The SMILES string of the molecule is CN(CC1CCC1)S(=O)(=O)c1cc(CCl)c(Cl)cc1Cl. The van der Waals surface area contributed by atoms with Gasteiger partial charge in [-0.25, -0.2) is 12.7 Å². The molecule has 0 radical (unpaired) electrons. The first-order valence-electron chi connectivity index (χ1n) is 6.36. The van der Waals surface area contributed by atoms with E-state index in [1.54, 1.807) is 7.05 Å². The molecule has 1 aliphatic carbocycles. The first kappa shape index (κ1) is 16.4. The van der Waals surface area contributed by atoms with Crippen LogP contribution in [0.3, 0.4) is 0 Å². The molecule has 0 amide bonds. The van der Waals surface area contributed by atoms with Crippen molar-refractivity contribution in [1.29, 1.82) is 0 Å². The zero-order valence-electron chi connectivity index (χ0n) is 11.1. The molecule has 112 valence electrons. The highest BCUT2D eigenvalue weighted by Gasteiger charge is 2.28. The molecule has 0 unspecified atom stereocenters. The van der Waals surface area contributed by atoms with Crippen LogP contribution in [0.25, 0.3) is 0 Å². The summed E-state index contributed by atoms with van der Waals surface area (Å²) in [6.07, 6.45) is 3.35. The Morgan fingerprint density at radius 1 is 1.25 bits per heavy atom. The number of nitrogens with zero attached hydrogens (tertiary/aromatic N) is 1. The van der Waals surface area contributed by atoms with Crippen LogP contribution in [-0.4, -0.2) is 26.3 Å². The summed E-state index contributed by atoms with van der Waals surface area (Å²) in [7, 11) is -2.02. The fourth-order valence-electron chi connectivity index (χ4n) is 2.18. The molecule has 3 nitrogen and oxygen atoms in total. The van der Waals surface area contributed by atoms with Crippen LogP contribution in [0, 0.1) is 5.92 Å². The Hall–Kier alpha value is -0.000000000000000111.